The van der Waals surface area contributed by atoms with Gasteiger partial charge in [-0.2, -0.15) is 0 Å². The predicted octanol–water partition coefficient (Wildman–Crippen LogP) is 4.61. The minimum Gasteiger partial charge on any atom is -0.427 e. The predicted molar refractivity (Wildman–Crippen MR) is 122 cm³/mol. The molecule has 0 heterocycles. The second kappa shape index (κ2) is 11.6. The van der Waals surface area contributed by atoms with Crippen molar-refractivity contribution in [3.05, 3.63) is 78.4 Å². The molecule has 0 spiro atoms. The molecule has 0 saturated carbocycles. The normalized spacial score (nSPS) is 15.5. The summed E-state index contributed by atoms with van der Waals surface area (Å²) in [7, 11) is 0. The maximum atomic E-state index is 12.0. The highest BCUT2D eigenvalue weighted by Crippen LogP contribution is 2.19. The van der Waals surface area contributed by atoms with E-state index in [1.807, 2.05) is 30.4 Å². The van der Waals surface area contributed by atoms with Gasteiger partial charge in [0.2, 0.25) is 0 Å². The molecule has 0 saturated heterocycles. The van der Waals surface area contributed by atoms with Crippen LogP contribution in [0.25, 0.3) is 0 Å². The Morgan fingerprint density at radius 3 is 2.34 bits per heavy atom. The molecule has 0 bridgehead atoms. The van der Waals surface area contributed by atoms with Crippen LogP contribution in [0.2, 0.25) is 0 Å². The van der Waals surface area contributed by atoms with E-state index in [-0.39, 0.29) is 30.6 Å². The highest BCUT2D eigenvalue weighted by molar-refractivity contribution is 5.99. The summed E-state index contributed by atoms with van der Waals surface area (Å²) < 4.78 is 5.31. The standard InChI is InChI=1S/C25H26N2O5/c28-21-16-18(23(29)17-21)8-4-1-2-7-11-24(30)32-22-14-12-20(13-15-22)27-25(31)26-19-9-5-3-6-10-19/h1,3-6,9-10,12-16,21,28H,2,7-8,11,17H2,(H2,26,27,31). The summed E-state index contributed by atoms with van der Waals surface area (Å²) >= 11 is 0. The van der Waals surface area contributed by atoms with Crippen molar-refractivity contribution in [2.75, 3.05) is 10.6 Å². The lowest BCUT2D eigenvalue weighted by molar-refractivity contribution is -0.134. The van der Waals surface area contributed by atoms with Crippen LogP contribution in [0.1, 0.15) is 32.1 Å². The van der Waals surface area contributed by atoms with E-state index in [1.54, 1.807) is 42.5 Å². The van der Waals surface area contributed by atoms with Crippen LogP contribution in [0.15, 0.2) is 78.4 Å². The van der Waals surface area contributed by atoms with Gasteiger partial charge < -0.3 is 20.5 Å². The second-order valence-corrected chi connectivity index (χ2v) is 7.40. The molecule has 1 aliphatic rings. The maximum absolute atomic E-state index is 12.0. The van der Waals surface area contributed by atoms with Gasteiger partial charge in [0.15, 0.2) is 5.78 Å². The Labute approximate surface area is 186 Å². The second-order valence-electron chi connectivity index (χ2n) is 7.40. The van der Waals surface area contributed by atoms with Gasteiger partial charge in [-0.25, -0.2) is 4.79 Å². The summed E-state index contributed by atoms with van der Waals surface area (Å²) in [5, 5.41) is 14.8. The summed E-state index contributed by atoms with van der Waals surface area (Å²) in [5.74, 6) is 0.0614. The van der Waals surface area contributed by atoms with Gasteiger partial charge in [0, 0.05) is 24.2 Å². The highest BCUT2D eigenvalue weighted by Gasteiger charge is 2.20. The number of carbonyl (C=O) groups is 3. The van der Waals surface area contributed by atoms with Gasteiger partial charge in [0.1, 0.15) is 5.75 Å². The summed E-state index contributed by atoms with van der Waals surface area (Å²) in [6, 6.07) is 15.3. The number of hydrogen-bond donors (Lipinski definition) is 3. The first kappa shape index (κ1) is 23.0. The number of carbonyl (C=O) groups excluding carboxylic acids is 3. The number of rotatable bonds is 9. The van der Waals surface area contributed by atoms with Crippen molar-refractivity contribution in [2.45, 2.75) is 38.2 Å². The van der Waals surface area contributed by atoms with Crippen LogP contribution < -0.4 is 15.4 Å². The summed E-state index contributed by atoms with van der Waals surface area (Å²) in [4.78, 5) is 35.6. The molecule has 0 aromatic heterocycles. The third-order valence-corrected chi connectivity index (χ3v) is 4.78. The Morgan fingerprint density at radius 2 is 1.69 bits per heavy atom. The molecule has 7 nitrogen and oxygen atoms in total. The highest BCUT2D eigenvalue weighted by atomic mass is 16.5. The van der Waals surface area contributed by atoms with Crippen molar-refractivity contribution >= 4 is 29.2 Å². The maximum Gasteiger partial charge on any atom is 0.323 e. The average Bonchev–Trinajstić information content (AvgIpc) is 3.09. The molecule has 0 aliphatic heterocycles. The Balaban J connectivity index is 1.33. The first-order valence-electron chi connectivity index (χ1n) is 10.5. The molecule has 0 fully saturated rings. The van der Waals surface area contributed by atoms with Crippen LogP contribution >= 0.6 is 0 Å². The topological polar surface area (TPSA) is 105 Å². The molecular weight excluding hydrogens is 408 g/mol. The fraction of sp³-hybridized carbons (Fsp3) is 0.240. The lowest BCUT2D eigenvalue weighted by Gasteiger charge is -2.08. The van der Waals surface area contributed by atoms with Crippen LogP contribution in [0.5, 0.6) is 5.75 Å². The molecule has 166 valence electrons. The van der Waals surface area contributed by atoms with Crippen molar-refractivity contribution in [3.8, 4) is 5.75 Å². The quantitative estimate of drug-likeness (QED) is 0.231. The number of nitrogens with one attached hydrogen (secondary N) is 2. The van der Waals surface area contributed by atoms with E-state index < -0.39 is 6.10 Å². The monoisotopic (exact) mass is 434 g/mol. The zero-order chi connectivity index (χ0) is 22.8. The van der Waals surface area contributed by atoms with E-state index in [4.69, 9.17) is 4.74 Å². The number of Topliss-reactive ketones (excluding diaryl/α,β-unsaturated/α-hetero) is 1. The molecule has 7 heteroatoms. The lowest BCUT2D eigenvalue weighted by Crippen LogP contribution is -2.19. The molecule has 1 atom stereocenters. The number of unbranched alkanes of at least 4 members (excludes halogenated alkanes) is 1. The molecule has 2 amide bonds. The van der Waals surface area contributed by atoms with Crippen molar-refractivity contribution in [1.82, 2.24) is 0 Å². The molecule has 2 aromatic rings. The van der Waals surface area contributed by atoms with Gasteiger partial charge in [0.05, 0.1) is 6.10 Å². The van der Waals surface area contributed by atoms with Crippen LogP contribution in [0.3, 0.4) is 0 Å². The number of esters is 1. The molecule has 2 aromatic carbocycles. The van der Waals surface area contributed by atoms with Gasteiger partial charge in [0.25, 0.3) is 0 Å². The van der Waals surface area contributed by atoms with Crippen molar-refractivity contribution < 1.29 is 24.2 Å². The van der Waals surface area contributed by atoms with E-state index in [9.17, 15) is 19.5 Å². The third-order valence-electron chi connectivity index (χ3n) is 4.78. The number of hydrogen-bond acceptors (Lipinski definition) is 5. The van der Waals surface area contributed by atoms with Gasteiger partial charge >= 0.3 is 12.0 Å². The molecule has 3 rings (SSSR count). The number of aliphatic hydroxyl groups excluding tert-OH is 1. The fourth-order valence-electron chi connectivity index (χ4n) is 3.18. The zero-order valence-electron chi connectivity index (χ0n) is 17.6. The SMILES string of the molecule is O=C(Nc1ccccc1)Nc1ccc(OC(=O)CCCC=CCC2=CC(O)CC2=O)cc1. The van der Waals surface area contributed by atoms with Crippen LogP contribution in [-0.4, -0.2) is 29.0 Å². The third kappa shape index (κ3) is 7.52. The van der Waals surface area contributed by atoms with Crippen molar-refractivity contribution in [1.29, 1.82) is 0 Å². The molecule has 0 radical (unpaired) electrons. The van der Waals surface area contributed by atoms with Gasteiger partial charge in [-0.1, -0.05) is 30.4 Å². The van der Waals surface area contributed by atoms with Crippen LogP contribution in [0, 0.1) is 0 Å². The average molecular weight is 434 g/mol. The summed E-state index contributed by atoms with van der Waals surface area (Å²) in [5.41, 5.74) is 1.91. The largest absolute Gasteiger partial charge is 0.427 e. The molecule has 1 unspecified atom stereocenters. The van der Waals surface area contributed by atoms with Gasteiger partial charge in [-0.3, -0.25) is 9.59 Å². The number of benzene rings is 2. The molecule has 3 N–H and O–H groups in total. The number of amides is 2. The lowest BCUT2D eigenvalue weighted by atomic mass is 10.1. The Kier molecular flexibility index (Phi) is 8.34. The fourth-order valence-corrected chi connectivity index (χ4v) is 3.18. The summed E-state index contributed by atoms with van der Waals surface area (Å²) in [6.45, 7) is 0. The van der Waals surface area contributed by atoms with E-state index in [0.29, 0.717) is 42.0 Å². The number of allylic oxidation sites excluding steroid dienone is 3. The van der Waals surface area contributed by atoms with Gasteiger partial charge in [-0.15, -0.1) is 0 Å². The van der Waals surface area contributed by atoms with E-state index >= 15 is 0 Å². The van der Waals surface area contributed by atoms with E-state index in [2.05, 4.69) is 10.6 Å². The first-order valence-corrected chi connectivity index (χ1v) is 10.5. The molecular formula is C25H26N2O5. The Hall–Kier alpha value is -3.71. The number of ketones is 1. The van der Waals surface area contributed by atoms with Crippen molar-refractivity contribution in [2.24, 2.45) is 0 Å². The Morgan fingerprint density at radius 1 is 1.00 bits per heavy atom. The minimum atomic E-state index is -0.656. The van der Waals surface area contributed by atoms with E-state index in [0.717, 1.165) is 0 Å². The van der Waals surface area contributed by atoms with Crippen molar-refractivity contribution in [3.63, 3.8) is 0 Å². The first-order chi connectivity index (χ1) is 15.5. The Bertz CT molecular complexity index is 997. The number of ether oxygens (including phenoxy) is 1. The minimum absolute atomic E-state index is 0.0104. The number of aliphatic hydroxyl groups is 1. The van der Waals surface area contributed by atoms with Crippen LogP contribution in [-0.2, 0) is 9.59 Å². The number of anilines is 2. The zero-order valence-corrected chi connectivity index (χ0v) is 17.6. The smallest absolute Gasteiger partial charge is 0.323 e. The number of urea groups is 1. The molecule has 32 heavy (non-hydrogen) atoms. The van der Waals surface area contributed by atoms with Crippen LogP contribution in [0.4, 0.5) is 16.2 Å². The van der Waals surface area contributed by atoms with Gasteiger partial charge in [-0.05, 0) is 67.3 Å². The number of para-hydroxylation sites is 1. The molecule has 1 aliphatic carbocycles. The van der Waals surface area contributed by atoms with E-state index in [1.165, 1.54) is 0 Å². The summed E-state index contributed by atoms with van der Waals surface area (Å²) in [6.07, 6.45) is 7.02.